The third kappa shape index (κ3) is 4.63. The van der Waals surface area contributed by atoms with Crippen molar-refractivity contribution in [2.45, 2.75) is 18.9 Å². The molecule has 1 aliphatic heterocycles. The van der Waals surface area contributed by atoms with E-state index in [0.29, 0.717) is 12.4 Å². The van der Waals surface area contributed by atoms with Gasteiger partial charge in [-0.05, 0) is 37.6 Å². The Morgan fingerprint density at radius 1 is 1.21 bits per heavy atom. The Morgan fingerprint density at radius 2 is 2.08 bits per heavy atom. The Balaban J connectivity index is 1.65. The number of rotatable bonds is 4. The van der Waals surface area contributed by atoms with E-state index in [9.17, 15) is 4.79 Å². The minimum absolute atomic E-state index is 0.000742. The second kappa shape index (κ2) is 8.21. The van der Waals surface area contributed by atoms with Gasteiger partial charge >= 0.3 is 0 Å². The van der Waals surface area contributed by atoms with Gasteiger partial charge in [0.2, 0.25) is 11.9 Å². The number of amides is 1. The molecule has 6 nitrogen and oxygen atoms in total. The van der Waals surface area contributed by atoms with E-state index >= 15 is 0 Å². The summed E-state index contributed by atoms with van der Waals surface area (Å²) in [5.41, 5.74) is 1.61. The zero-order valence-corrected chi connectivity index (χ0v) is 13.4. The third-order valence-electron chi connectivity index (χ3n) is 3.83. The molecule has 0 spiro atoms. The first kappa shape index (κ1) is 16.1. The molecule has 0 bridgehead atoms. The quantitative estimate of drug-likeness (QED) is 0.786. The Labute approximate surface area is 141 Å². The van der Waals surface area contributed by atoms with Crippen molar-refractivity contribution in [3.63, 3.8) is 0 Å². The van der Waals surface area contributed by atoms with Gasteiger partial charge < -0.3 is 16.0 Å². The van der Waals surface area contributed by atoms with Crippen molar-refractivity contribution in [2.75, 3.05) is 18.4 Å². The van der Waals surface area contributed by atoms with Crippen LogP contribution in [0.25, 0.3) is 0 Å². The fourth-order valence-electron chi connectivity index (χ4n) is 2.56. The summed E-state index contributed by atoms with van der Waals surface area (Å²) in [6.45, 7) is 1.81. The summed E-state index contributed by atoms with van der Waals surface area (Å²) < 4.78 is 0. The summed E-state index contributed by atoms with van der Waals surface area (Å²) in [6.07, 6.45) is 16.4. The minimum Gasteiger partial charge on any atom is -0.348 e. The fourth-order valence-corrected chi connectivity index (χ4v) is 2.56. The lowest BCUT2D eigenvalue weighted by Gasteiger charge is -2.12. The number of allylic oxidation sites excluding steroid dienone is 6. The number of carbonyl (C=O) groups is 1. The van der Waals surface area contributed by atoms with E-state index in [2.05, 4.69) is 25.9 Å². The molecule has 1 unspecified atom stereocenters. The molecule has 1 amide bonds. The van der Waals surface area contributed by atoms with E-state index in [1.807, 2.05) is 36.5 Å². The van der Waals surface area contributed by atoms with Crippen LogP contribution in [0.4, 0.5) is 5.95 Å². The Bertz CT molecular complexity index is 685. The average Bonchev–Trinajstić information content (AvgIpc) is 3.12. The van der Waals surface area contributed by atoms with Crippen molar-refractivity contribution < 1.29 is 4.79 Å². The summed E-state index contributed by atoms with van der Waals surface area (Å²) in [5.74, 6) is 0.539. The van der Waals surface area contributed by atoms with Crippen molar-refractivity contribution >= 4 is 11.9 Å². The molecule has 1 aromatic rings. The molecule has 3 N–H and O–H groups in total. The molecular formula is C18H21N5O. The topological polar surface area (TPSA) is 78.9 Å². The van der Waals surface area contributed by atoms with E-state index in [1.165, 1.54) is 0 Å². The minimum atomic E-state index is 0.000742. The first-order valence-electron chi connectivity index (χ1n) is 8.11. The molecule has 2 heterocycles. The first-order valence-corrected chi connectivity index (χ1v) is 8.11. The molecule has 1 aromatic heterocycles. The van der Waals surface area contributed by atoms with Gasteiger partial charge in [-0.3, -0.25) is 4.79 Å². The Hall–Kier alpha value is -2.73. The molecule has 6 heteroatoms. The van der Waals surface area contributed by atoms with Crippen LogP contribution < -0.4 is 16.0 Å². The molecule has 1 aliphatic carbocycles. The number of aromatic nitrogens is 2. The van der Waals surface area contributed by atoms with Crippen molar-refractivity contribution in [1.29, 1.82) is 0 Å². The SMILES string of the molecule is O=C(NC1CCNC1)/C1=C/C=C\C(Nc2ncccn2)=C/C=C\C1. The number of hydrogen-bond acceptors (Lipinski definition) is 5. The van der Waals surface area contributed by atoms with Crippen molar-refractivity contribution in [1.82, 2.24) is 20.6 Å². The normalized spacial score (nSPS) is 27.4. The Kier molecular flexibility index (Phi) is 5.52. The summed E-state index contributed by atoms with van der Waals surface area (Å²) in [6, 6.07) is 2.00. The summed E-state index contributed by atoms with van der Waals surface area (Å²) in [4.78, 5) is 20.7. The lowest BCUT2D eigenvalue weighted by molar-refractivity contribution is -0.118. The molecule has 1 fully saturated rings. The van der Waals surface area contributed by atoms with Gasteiger partial charge in [0, 0.05) is 36.3 Å². The molecule has 0 radical (unpaired) electrons. The van der Waals surface area contributed by atoms with Crippen LogP contribution in [0.15, 0.2) is 66.2 Å². The van der Waals surface area contributed by atoms with Gasteiger partial charge in [0.15, 0.2) is 0 Å². The standard InChI is InChI=1S/C18H21N5O/c24-17(22-16-9-12-19-13-16)14-5-1-2-7-15(8-3-6-14)23-18-20-10-4-11-21-18/h1-4,6-8,10-11,16,19H,5,9,12-13H2,(H,22,24)(H,20,21,23)/b2-1-,8-3-,14-6+,15-7+. The van der Waals surface area contributed by atoms with Gasteiger partial charge in [0.25, 0.3) is 0 Å². The lowest BCUT2D eigenvalue weighted by Crippen LogP contribution is -2.37. The predicted octanol–water partition coefficient (Wildman–Crippen LogP) is 1.69. The van der Waals surface area contributed by atoms with Gasteiger partial charge in [0.05, 0.1) is 0 Å². The van der Waals surface area contributed by atoms with Crippen LogP contribution in [0.2, 0.25) is 0 Å². The molecular weight excluding hydrogens is 302 g/mol. The number of anilines is 1. The summed E-state index contributed by atoms with van der Waals surface area (Å²) in [5, 5.41) is 9.47. The molecule has 24 heavy (non-hydrogen) atoms. The number of hydrogen-bond donors (Lipinski definition) is 3. The average molecular weight is 323 g/mol. The van der Waals surface area contributed by atoms with Crippen LogP contribution in [-0.4, -0.2) is 35.0 Å². The molecule has 0 saturated carbocycles. The first-order chi connectivity index (χ1) is 11.8. The van der Waals surface area contributed by atoms with Crippen LogP contribution >= 0.6 is 0 Å². The van der Waals surface area contributed by atoms with Crippen LogP contribution in [0.1, 0.15) is 12.8 Å². The molecule has 124 valence electrons. The molecule has 2 aliphatic rings. The van der Waals surface area contributed by atoms with Crippen molar-refractivity contribution in [3.8, 4) is 0 Å². The summed E-state index contributed by atoms with van der Waals surface area (Å²) in [7, 11) is 0. The largest absolute Gasteiger partial charge is 0.348 e. The van der Waals surface area contributed by atoms with E-state index in [1.54, 1.807) is 18.5 Å². The van der Waals surface area contributed by atoms with Gasteiger partial charge in [-0.1, -0.05) is 24.3 Å². The second-order valence-electron chi connectivity index (χ2n) is 5.67. The highest BCUT2D eigenvalue weighted by Gasteiger charge is 2.18. The maximum atomic E-state index is 12.4. The molecule has 0 aromatic carbocycles. The van der Waals surface area contributed by atoms with E-state index in [0.717, 1.165) is 30.8 Å². The van der Waals surface area contributed by atoms with Gasteiger partial charge in [0.1, 0.15) is 0 Å². The molecule has 1 atom stereocenters. The molecule has 3 rings (SSSR count). The van der Waals surface area contributed by atoms with Gasteiger partial charge in [-0.15, -0.1) is 0 Å². The number of nitrogens with zero attached hydrogens (tertiary/aromatic N) is 2. The maximum Gasteiger partial charge on any atom is 0.247 e. The van der Waals surface area contributed by atoms with Gasteiger partial charge in [-0.25, -0.2) is 9.97 Å². The summed E-state index contributed by atoms with van der Waals surface area (Å²) >= 11 is 0. The van der Waals surface area contributed by atoms with E-state index < -0.39 is 0 Å². The smallest absolute Gasteiger partial charge is 0.247 e. The second-order valence-corrected chi connectivity index (χ2v) is 5.67. The highest BCUT2D eigenvalue weighted by atomic mass is 16.1. The number of nitrogens with one attached hydrogen (secondary N) is 3. The monoisotopic (exact) mass is 323 g/mol. The maximum absolute atomic E-state index is 12.4. The van der Waals surface area contributed by atoms with Gasteiger partial charge in [-0.2, -0.15) is 0 Å². The molecule has 1 saturated heterocycles. The van der Waals surface area contributed by atoms with E-state index in [4.69, 9.17) is 0 Å². The Morgan fingerprint density at radius 3 is 2.88 bits per heavy atom. The van der Waals surface area contributed by atoms with Crippen molar-refractivity contribution in [3.05, 3.63) is 66.2 Å². The van der Waals surface area contributed by atoms with Crippen LogP contribution in [0.5, 0.6) is 0 Å². The van der Waals surface area contributed by atoms with Crippen LogP contribution in [-0.2, 0) is 4.79 Å². The third-order valence-corrected chi connectivity index (χ3v) is 3.83. The van der Waals surface area contributed by atoms with Crippen LogP contribution in [0, 0.1) is 0 Å². The fraction of sp³-hybridized carbons (Fsp3) is 0.278. The van der Waals surface area contributed by atoms with Crippen molar-refractivity contribution in [2.24, 2.45) is 0 Å². The zero-order chi connectivity index (χ0) is 16.6. The zero-order valence-electron chi connectivity index (χ0n) is 13.4. The lowest BCUT2D eigenvalue weighted by atomic mass is 10.1. The number of carbonyl (C=O) groups excluding carboxylic acids is 1. The van der Waals surface area contributed by atoms with E-state index in [-0.39, 0.29) is 11.9 Å². The highest BCUT2D eigenvalue weighted by Crippen LogP contribution is 2.11. The highest BCUT2D eigenvalue weighted by molar-refractivity contribution is 5.94. The van der Waals surface area contributed by atoms with Crippen LogP contribution in [0.3, 0.4) is 0 Å². The predicted molar refractivity (Wildman–Crippen MR) is 94.1 cm³/mol.